The van der Waals surface area contributed by atoms with Crippen LogP contribution in [0.2, 0.25) is 0 Å². The maximum absolute atomic E-state index is 13.7. The van der Waals surface area contributed by atoms with Gasteiger partial charge in [0.05, 0.1) is 5.56 Å². The summed E-state index contributed by atoms with van der Waals surface area (Å²) in [6.45, 7) is 6.14. The molecule has 220 valence electrons. The number of anilines is 1. The summed E-state index contributed by atoms with van der Waals surface area (Å²) in [5.41, 5.74) is 9.51. The second-order valence-corrected chi connectivity index (χ2v) is 10.4. The lowest BCUT2D eigenvalue weighted by Gasteiger charge is -2.16. The largest absolute Gasteiger partial charge is 0.489 e. The van der Waals surface area contributed by atoms with Gasteiger partial charge in [0.1, 0.15) is 29.6 Å². The number of pyridine rings is 1. The van der Waals surface area contributed by atoms with E-state index in [9.17, 15) is 14.4 Å². The molecule has 0 aliphatic heterocycles. The number of aliphatic imine (C=N–C) groups is 1. The summed E-state index contributed by atoms with van der Waals surface area (Å²) in [7, 11) is 1.61. The number of ketones is 1. The predicted molar refractivity (Wildman–Crippen MR) is 169 cm³/mol. The summed E-state index contributed by atoms with van der Waals surface area (Å²) in [6, 6.07) is 25.0. The van der Waals surface area contributed by atoms with Crippen LogP contribution in [0.15, 0.2) is 89.9 Å². The van der Waals surface area contributed by atoms with Gasteiger partial charge in [-0.3, -0.25) is 19.4 Å². The molecule has 1 aromatic heterocycles. The van der Waals surface area contributed by atoms with Crippen molar-refractivity contribution in [1.82, 2.24) is 10.3 Å². The monoisotopic (exact) mass is 577 g/mol. The molecule has 0 atom stereocenters. The van der Waals surface area contributed by atoms with E-state index in [2.05, 4.69) is 20.6 Å². The molecule has 0 saturated heterocycles. The molecule has 2 amide bonds. The molecule has 9 nitrogen and oxygen atoms in total. The first kappa shape index (κ1) is 30.6. The van der Waals surface area contributed by atoms with E-state index in [0.29, 0.717) is 41.6 Å². The second kappa shape index (κ2) is 14.0. The van der Waals surface area contributed by atoms with Gasteiger partial charge in [0.15, 0.2) is 5.78 Å². The summed E-state index contributed by atoms with van der Waals surface area (Å²) >= 11 is 0. The molecule has 0 spiro atoms. The molecular formula is C34H35N5O4. The van der Waals surface area contributed by atoms with Gasteiger partial charge in [0.2, 0.25) is 0 Å². The van der Waals surface area contributed by atoms with Gasteiger partial charge in [-0.05, 0) is 71.6 Å². The van der Waals surface area contributed by atoms with E-state index in [4.69, 9.17) is 10.5 Å². The fraction of sp³-hybridized carbons (Fsp3) is 0.206. The van der Waals surface area contributed by atoms with Crippen molar-refractivity contribution in [3.8, 4) is 16.9 Å². The van der Waals surface area contributed by atoms with Gasteiger partial charge in [0.25, 0.3) is 11.8 Å². The fourth-order valence-electron chi connectivity index (χ4n) is 4.29. The van der Waals surface area contributed by atoms with Crippen molar-refractivity contribution in [2.75, 3.05) is 18.9 Å². The number of benzene rings is 3. The van der Waals surface area contributed by atoms with Crippen LogP contribution in [-0.4, -0.2) is 42.0 Å². The number of aromatic nitrogens is 1. The Labute approximate surface area is 251 Å². The second-order valence-electron chi connectivity index (χ2n) is 10.4. The first-order valence-electron chi connectivity index (χ1n) is 13.9. The lowest BCUT2D eigenvalue weighted by Crippen LogP contribution is -2.28. The Balaban J connectivity index is 1.72. The summed E-state index contributed by atoms with van der Waals surface area (Å²) in [6.07, 6.45) is 0. The zero-order valence-electron chi connectivity index (χ0n) is 24.7. The number of nitrogens with two attached hydrogens (primary N) is 1. The fourth-order valence-corrected chi connectivity index (χ4v) is 4.29. The van der Waals surface area contributed by atoms with Crippen molar-refractivity contribution in [2.24, 2.45) is 16.6 Å². The molecule has 43 heavy (non-hydrogen) atoms. The zero-order chi connectivity index (χ0) is 30.9. The highest BCUT2D eigenvalue weighted by atomic mass is 16.5. The third kappa shape index (κ3) is 7.91. The molecule has 0 aliphatic rings. The number of amidine groups is 1. The number of amides is 2. The molecule has 9 heteroatoms. The van der Waals surface area contributed by atoms with Crippen molar-refractivity contribution in [3.05, 3.63) is 113 Å². The molecule has 0 aliphatic carbocycles. The number of nitrogens with one attached hydrogen (secondary N) is 2. The molecule has 4 aromatic rings. The molecule has 3 aromatic carbocycles. The van der Waals surface area contributed by atoms with Gasteiger partial charge in [-0.2, -0.15) is 0 Å². The Morgan fingerprint density at radius 2 is 1.60 bits per heavy atom. The minimum absolute atomic E-state index is 0.0860. The van der Waals surface area contributed by atoms with Crippen molar-refractivity contribution < 1.29 is 19.1 Å². The first-order chi connectivity index (χ1) is 20.7. The van der Waals surface area contributed by atoms with Crippen LogP contribution < -0.4 is 21.1 Å². The van der Waals surface area contributed by atoms with Gasteiger partial charge in [0, 0.05) is 37.3 Å². The van der Waals surface area contributed by atoms with Crippen molar-refractivity contribution in [1.29, 1.82) is 0 Å². The average molecular weight is 578 g/mol. The van der Waals surface area contributed by atoms with Gasteiger partial charge in [-0.25, -0.2) is 4.98 Å². The van der Waals surface area contributed by atoms with Crippen molar-refractivity contribution in [3.63, 3.8) is 0 Å². The zero-order valence-corrected chi connectivity index (χ0v) is 24.7. The highest BCUT2D eigenvalue weighted by Crippen LogP contribution is 2.31. The van der Waals surface area contributed by atoms with Gasteiger partial charge in [-0.1, -0.05) is 44.2 Å². The molecule has 4 rings (SSSR count). The number of hydrogen-bond donors (Lipinski definition) is 3. The molecule has 0 radical (unpaired) electrons. The standard InChI is InChI=1S/C34H35N5O4/c1-21(2)19-37-34(42)30-17-16-28(31(39-30)22(3)40)27-15-14-26(43-20-23-8-6-5-7-9-23)18-29(27)33(41)38-25-12-10-24(11-13-25)32(35)36-4/h5-18,21H,19-20H2,1-4H3,(H2,35,36)(H,37,42)(H,38,41). The van der Waals surface area contributed by atoms with Crippen LogP contribution >= 0.6 is 0 Å². The summed E-state index contributed by atoms with van der Waals surface area (Å²) < 4.78 is 6.01. The minimum atomic E-state index is -0.418. The molecule has 0 unspecified atom stereocenters. The van der Waals surface area contributed by atoms with Crippen LogP contribution in [0.25, 0.3) is 11.1 Å². The lowest BCUT2D eigenvalue weighted by atomic mass is 9.95. The van der Waals surface area contributed by atoms with Crippen LogP contribution in [0, 0.1) is 5.92 Å². The topological polar surface area (TPSA) is 136 Å². The minimum Gasteiger partial charge on any atom is -0.489 e. The summed E-state index contributed by atoms with van der Waals surface area (Å²) in [5, 5.41) is 5.74. The van der Waals surface area contributed by atoms with Crippen molar-refractivity contribution in [2.45, 2.75) is 27.4 Å². The van der Waals surface area contributed by atoms with Crippen molar-refractivity contribution >= 4 is 29.1 Å². The van der Waals surface area contributed by atoms with E-state index in [1.54, 1.807) is 61.6 Å². The summed E-state index contributed by atoms with van der Waals surface area (Å²) in [4.78, 5) is 47.5. The Bertz CT molecular complexity index is 1650. The Kier molecular flexibility index (Phi) is 10.0. The van der Waals surface area contributed by atoms with E-state index in [0.717, 1.165) is 11.1 Å². The third-order valence-corrected chi connectivity index (χ3v) is 6.59. The SMILES string of the molecule is CN=C(N)c1ccc(NC(=O)c2cc(OCc3ccccc3)ccc2-c2ccc(C(=O)NCC(C)C)nc2C(C)=O)cc1. The van der Waals surface area contributed by atoms with E-state index in [-0.39, 0.29) is 34.6 Å². The smallest absolute Gasteiger partial charge is 0.269 e. The van der Waals surface area contributed by atoms with Crippen LogP contribution in [0.4, 0.5) is 5.69 Å². The third-order valence-electron chi connectivity index (χ3n) is 6.59. The lowest BCUT2D eigenvalue weighted by molar-refractivity contribution is 0.0943. The molecule has 0 fully saturated rings. The number of hydrogen-bond acceptors (Lipinski definition) is 6. The van der Waals surface area contributed by atoms with E-state index < -0.39 is 5.91 Å². The van der Waals surface area contributed by atoms with E-state index in [1.165, 1.54) is 6.92 Å². The Hall–Kier alpha value is -5.31. The highest BCUT2D eigenvalue weighted by molar-refractivity contribution is 6.11. The summed E-state index contributed by atoms with van der Waals surface area (Å²) in [5.74, 6) is -0.0143. The number of ether oxygens (including phenoxy) is 1. The van der Waals surface area contributed by atoms with Crippen LogP contribution in [-0.2, 0) is 6.61 Å². The van der Waals surface area contributed by atoms with E-state index >= 15 is 0 Å². The maximum atomic E-state index is 13.7. The van der Waals surface area contributed by atoms with Gasteiger partial charge in [-0.15, -0.1) is 0 Å². The molecular weight excluding hydrogens is 542 g/mol. The first-order valence-corrected chi connectivity index (χ1v) is 13.9. The van der Waals surface area contributed by atoms with Crippen LogP contribution in [0.1, 0.15) is 63.2 Å². The van der Waals surface area contributed by atoms with Crippen LogP contribution in [0.3, 0.4) is 0 Å². The Morgan fingerprint density at radius 1 is 0.907 bits per heavy atom. The highest BCUT2D eigenvalue weighted by Gasteiger charge is 2.21. The quantitative estimate of drug-likeness (QED) is 0.122. The maximum Gasteiger partial charge on any atom is 0.269 e. The number of carbonyl (C=O) groups is 3. The average Bonchev–Trinajstić information content (AvgIpc) is 3.02. The number of carbonyl (C=O) groups excluding carboxylic acids is 3. The van der Waals surface area contributed by atoms with E-state index in [1.807, 2.05) is 44.2 Å². The normalized spacial score (nSPS) is 11.2. The number of rotatable bonds is 11. The molecule has 0 saturated carbocycles. The predicted octanol–water partition coefficient (Wildman–Crippen LogP) is 5.50. The van der Waals surface area contributed by atoms with Gasteiger partial charge < -0.3 is 21.1 Å². The number of nitrogens with zero attached hydrogens (tertiary/aromatic N) is 2. The van der Waals surface area contributed by atoms with Crippen LogP contribution in [0.5, 0.6) is 5.75 Å². The molecule has 0 bridgehead atoms. The molecule has 1 heterocycles. The Morgan fingerprint density at radius 3 is 2.26 bits per heavy atom. The van der Waals surface area contributed by atoms with Gasteiger partial charge >= 0.3 is 0 Å². The molecule has 4 N–H and O–H groups in total. The number of Topliss-reactive ketones (excluding diaryl/α,β-unsaturated/α-hetero) is 1.